The van der Waals surface area contributed by atoms with Crippen LogP contribution in [0.15, 0.2) is 0 Å². The number of thioether (sulfide) groups is 1. The van der Waals surface area contributed by atoms with Crippen molar-refractivity contribution < 1.29 is 9.59 Å². The summed E-state index contributed by atoms with van der Waals surface area (Å²) in [5.41, 5.74) is 0. The molecule has 0 aromatic heterocycles. The molecule has 5 nitrogen and oxygen atoms in total. The highest BCUT2D eigenvalue weighted by molar-refractivity contribution is 7.99. The molecule has 2 unspecified atom stereocenters. The van der Waals surface area contributed by atoms with Gasteiger partial charge in [0, 0.05) is 24.3 Å². The van der Waals surface area contributed by atoms with Crippen molar-refractivity contribution in [2.75, 3.05) is 24.7 Å². The molecule has 2 aliphatic heterocycles. The van der Waals surface area contributed by atoms with Crippen LogP contribution in [0, 0.1) is 5.92 Å². The molecule has 2 aliphatic rings. The molecule has 2 fully saturated rings. The van der Waals surface area contributed by atoms with Gasteiger partial charge in [0.1, 0.15) is 6.04 Å². The fourth-order valence-corrected chi connectivity index (χ4v) is 3.77. The Hall–Kier alpha value is -0.750. The lowest BCUT2D eigenvalue weighted by atomic mass is 10.1. The summed E-state index contributed by atoms with van der Waals surface area (Å²) in [6, 6.07) is -0.0779. The molecule has 114 valence electrons. The fourth-order valence-electron chi connectivity index (χ4n) is 2.61. The van der Waals surface area contributed by atoms with Crippen molar-refractivity contribution >= 4 is 23.6 Å². The summed E-state index contributed by atoms with van der Waals surface area (Å²) in [6.45, 7) is 5.81. The maximum Gasteiger partial charge on any atom is 0.243 e. The van der Waals surface area contributed by atoms with Crippen LogP contribution in [0.5, 0.6) is 0 Å². The van der Waals surface area contributed by atoms with Gasteiger partial charge in [0.15, 0.2) is 0 Å². The molecule has 2 heterocycles. The van der Waals surface area contributed by atoms with Crippen LogP contribution in [0.25, 0.3) is 0 Å². The van der Waals surface area contributed by atoms with E-state index in [0.717, 1.165) is 32.4 Å². The predicted molar refractivity (Wildman–Crippen MR) is 81.4 cm³/mol. The predicted octanol–water partition coefficient (Wildman–Crippen LogP) is 0.802. The number of nitrogens with zero attached hydrogens (tertiary/aromatic N) is 1. The maximum absolute atomic E-state index is 12.4. The Morgan fingerprint density at radius 3 is 2.95 bits per heavy atom. The third-order valence-corrected chi connectivity index (χ3v) is 5.16. The van der Waals surface area contributed by atoms with Crippen LogP contribution in [-0.4, -0.2) is 53.5 Å². The molecule has 0 aliphatic carbocycles. The van der Waals surface area contributed by atoms with E-state index in [2.05, 4.69) is 10.6 Å². The molecule has 0 aromatic carbocycles. The van der Waals surface area contributed by atoms with Gasteiger partial charge in [-0.3, -0.25) is 9.59 Å². The molecular formula is C14H25N3O2S. The summed E-state index contributed by atoms with van der Waals surface area (Å²) in [5.74, 6) is 1.48. The minimum Gasteiger partial charge on any atom is -0.350 e. The minimum absolute atomic E-state index is 0.000322. The van der Waals surface area contributed by atoms with E-state index in [9.17, 15) is 9.59 Å². The summed E-state index contributed by atoms with van der Waals surface area (Å²) >= 11 is 1.67. The number of carbonyl (C=O) groups excluding carboxylic acids is 2. The monoisotopic (exact) mass is 299 g/mol. The van der Waals surface area contributed by atoms with Crippen LogP contribution in [-0.2, 0) is 9.59 Å². The van der Waals surface area contributed by atoms with Crippen molar-refractivity contribution in [1.29, 1.82) is 0 Å². The molecule has 0 radical (unpaired) electrons. The van der Waals surface area contributed by atoms with Gasteiger partial charge in [-0.1, -0.05) is 13.8 Å². The molecule has 3 atom stereocenters. The zero-order chi connectivity index (χ0) is 14.5. The van der Waals surface area contributed by atoms with Gasteiger partial charge in [0.25, 0.3) is 0 Å². The molecule has 2 rings (SSSR count). The van der Waals surface area contributed by atoms with E-state index >= 15 is 0 Å². The van der Waals surface area contributed by atoms with Crippen LogP contribution >= 0.6 is 11.8 Å². The third-order valence-electron chi connectivity index (χ3n) is 4.15. The summed E-state index contributed by atoms with van der Waals surface area (Å²) in [7, 11) is 0. The summed E-state index contributed by atoms with van der Waals surface area (Å²) < 4.78 is 0. The number of hydrogen-bond acceptors (Lipinski definition) is 4. The van der Waals surface area contributed by atoms with Gasteiger partial charge in [-0.05, 0) is 25.8 Å². The average molecular weight is 299 g/mol. The first-order chi connectivity index (χ1) is 9.63. The van der Waals surface area contributed by atoms with Crippen LogP contribution in [0.1, 0.15) is 33.1 Å². The van der Waals surface area contributed by atoms with Gasteiger partial charge >= 0.3 is 0 Å². The smallest absolute Gasteiger partial charge is 0.243 e. The molecule has 0 aromatic rings. The van der Waals surface area contributed by atoms with Gasteiger partial charge in [-0.2, -0.15) is 0 Å². The lowest BCUT2D eigenvalue weighted by molar-refractivity contribution is -0.141. The Kier molecular flexibility index (Phi) is 5.72. The normalized spacial score (nSPS) is 28.2. The van der Waals surface area contributed by atoms with E-state index in [1.165, 1.54) is 0 Å². The van der Waals surface area contributed by atoms with Gasteiger partial charge in [-0.25, -0.2) is 0 Å². The van der Waals surface area contributed by atoms with Crippen LogP contribution in [0.2, 0.25) is 0 Å². The van der Waals surface area contributed by atoms with E-state index in [1.807, 2.05) is 13.8 Å². The first-order valence-corrected chi connectivity index (χ1v) is 8.68. The number of hydrogen-bond donors (Lipinski definition) is 2. The zero-order valence-electron chi connectivity index (χ0n) is 12.4. The topological polar surface area (TPSA) is 61.4 Å². The van der Waals surface area contributed by atoms with Gasteiger partial charge in [0.2, 0.25) is 11.8 Å². The quantitative estimate of drug-likeness (QED) is 0.806. The molecule has 0 saturated carbocycles. The molecule has 2 saturated heterocycles. The Balaban J connectivity index is 1.92. The number of piperidine rings is 1. The second-order valence-corrected chi connectivity index (χ2v) is 6.68. The second kappa shape index (κ2) is 7.31. The van der Waals surface area contributed by atoms with Gasteiger partial charge in [0.05, 0.1) is 5.88 Å². The Morgan fingerprint density at radius 2 is 2.30 bits per heavy atom. The number of rotatable bonds is 4. The Labute approximate surface area is 125 Å². The highest BCUT2D eigenvalue weighted by Crippen LogP contribution is 2.24. The minimum atomic E-state index is -0.288. The Morgan fingerprint density at radius 1 is 1.50 bits per heavy atom. The van der Waals surface area contributed by atoms with E-state index in [1.54, 1.807) is 16.7 Å². The highest BCUT2D eigenvalue weighted by atomic mass is 32.2. The maximum atomic E-state index is 12.4. The molecule has 2 amide bonds. The van der Waals surface area contributed by atoms with E-state index in [0.29, 0.717) is 11.6 Å². The van der Waals surface area contributed by atoms with E-state index in [-0.39, 0.29) is 29.8 Å². The molecule has 0 spiro atoms. The lowest BCUT2D eigenvalue weighted by Crippen LogP contribution is -2.53. The first kappa shape index (κ1) is 15.6. The van der Waals surface area contributed by atoms with E-state index in [4.69, 9.17) is 0 Å². The lowest BCUT2D eigenvalue weighted by Gasteiger charge is -2.29. The first-order valence-electron chi connectivity index (χ1n) is 7.52. The number of carbonyl (C=O) groups is 2. The summed E-state index contributed by atoms with van der Waals surface area (Å²) in [5, 5.41) is 6.39. The number of amides is 2. The molecule has 2 N–H and O–H groups in total. The summed E-state index contributed by atoms with van der Waals surface area (Å²) in [6.07, 6.45) is 2.94. The van der Waals surface area contributed by atoms with Crippen molar-refractivity contribution in [2.24, 2.45) is 5.92 Å². The number of nitrogens with one attached hydrogen (secondary N) is 2. The second-order valence-electron chi connectivity index (χ2n) is 5.68. The van der Waals surface area contributed by atoms with Crippen molar-refractivity contribution in [1.82, 2.24) is 15.5 Å². The molecular weight excluding hydrogens is 274 g/mol. The average Bonchev–Trinajstić information content (AvgIpc) is 2.96. The van der Waals surface area contributed by atoms with E-state index < -0.39 is 0 Å². The van der Waals surface area contributed by atoms with Crippen LogP contribution in [0.4, 0.5) is 0 Å². The molecule has 6 heteroatoms. The van der Waals surface area contributed by atoms with Crippen LogP contribution < -0.4 is 10.6 Å². The fraction of sp³-hybridized carbons (Fsp3) is 0.857. The van der Waals surface area contributed by atoms with Gasteiger partial charge in [-0.15, -0.1) is 11.8 Å². The zero-order valence-corrected chi connectivity index (χ0v) is 13.2. The SMILES string of the molecule is CCC(C)C(=O)N1CSCC1C(=O)N[C@H]1CCCNC1. The van der Waals surface area contributed by atoms with Gasteiger partial charge < -0.3 is 15.5 Å². The Bertz CT molecular complexity index is 358. The summed E-state index contributed by atoms with van der Waals surface area (Å²) in [4.78, 5) is 26.5. The molecule has 0 bridgehead atoms. The van der Waals surface area contributed by atoms with Crippen LogP contribution in [0.3, 0.4) is 0 Å². The van der Waals surface area contributed by atoms with Crippen molar-refractivity contribution in [2.45, 2.75) is 45.2 Å². The molecule has 20 heavy (non-hydrogen) atoms. The highest BCUT2D eigenvalue weighted by Gasteiger charge is 2.36. The van der Waals surface area contributed by atoms with Crippen molar-refractivity contribution in [3.63, 3.8) is 0 Å². The third kappa shape index (κ3) is 3.67. The standard InChI is InChI=1S/C14H25N3O2S/c1-3-10(2)14(19)17-9-20-8-12(17)13(18)16-11-5-4-6-15-7-11/h10-12,15H,3-9H2,1-2H3,(H,16,18)/t10?,11-,12?/m0/s1. The largest absolute Gasteiger partial charge is 0.350 e. The van der Waals surface area contributed by atoms with Crippen molar-refractivity contribution in [3.8, 4) is 0 Å². The van der Waals surface area contributed by atoms with Crippen molar-refractivity contribution in [3.05, 3.63) is 0 Å².